The minimum atomic E-state index is -0.0163. The van der Waals surface area contributed by atoms with Crippen LogP contribution in [0.5, 0.6) is 0 Å². The molecule has 0 atom stereocenters. The van der Waals surface area contributed by atoms with Crippen molar-refractivity contribution < 1.29 is 4.79 Å². The van der Waals surface area contributed by atoms with Gasteiger partial charge in [-0.3, -0.25) is 9.59 Å². The van der Waals surface area contributed by atoms with Gasteiger partial charge in [-0.25, -0.2) is 0 Å². The second-order valence-electron chi connectivity index (χ2n) is 5.03. The van der Waals surface area contributed by atoms with Gasteiger partial charge in [0.1, 0.15) is 0 Å². The highest BCUT2D eigenvalue weighted by molar-refractivity contribution is 5.84. The third-order valence-corrected chi connectivity index (χ3v) is 3.48. The van der Waals surface area contributed by atoms with Crippen molar-refractivity contribution in [2.45, 2.75) is 13.0 Å². The van der Waals surface area contributed by atoms with Gasteiger partial charge in [0.25, 0.3) is 0 Å². The van der Waals surface area contributed by atoms with E-state index in [2.05, 4.69) is 0 Å². The van der Waals surface area contributed by atoms with Crippen LogP contribution in [0.4, 0.5) is 0 Å². The number of aromatic nitrogens is 1. The molecule has 0 aliphatic carbocycles. The van der Waals surface area contributed by atoms with Crippen molar-refractivity contribution >= 4 is 16.7 Å². The SMILES string of the molecule is O=C(Cc1ccccc1)Cn1ccc(=O)c2ccccc21. The van der Waals surface area contributed by atoms with Gasteiger partial charge in [0.15, 0.2) is 11.2 Å². The molecular weight excluding hydrogens is 262 g/mol. The highest BCUT2D eigenvalue weighted by atomic mass is 16.1. The number of fused-ring (bicyclic) bond motifs is 1. The molecule has 0 spiro atoms. The number of hydrogen-bond acceptors (Lipinski definition) is 2. The molecule has 0 aliphatic rings. The second kappa shape index (κ2) is 5.75. The Morgan fingerprint density at radius 3 is 2.43 bits per heavy atom. The first-order chi connectivity index (χ1) is 10.2. The monoisotopic (exact) mass is 277 g/mol. The van der Waals surface area contributed by atoms with Crippen LogP contribution in [-0.2, 0) is 17.8 Å². The highest BCUT2D eigenvalue weighted by Gasteiger charge is 2.07. The van der Waals surface area contributed by atoms with Gasteiger partial charge < -0.3 is 4.57 Å². The molecule has 3 nitrogen and oxygen atoms in total. The van der Waals surface area contributed by atoms with Gasteiger partial charge in [-0.05, 0) is 17.7 Å². The molecule has 0 N–H and O–H groups in total. The summed E-state index contributed by atoms with van der Waals surface area (Å²) in [4.78, 5) is 24.0. The highest BCUT2D eigenvalue weighted by Crippen LogP contribution is 2.10. The molecule has 3 heteroatoms. The van der Waals surface area contributed by atoms with E-state index in [9.17, 15) is 9.59 Å². The van der Waals surface area contributed by atoms with E-state index in [0.717, 1.165) is 11.1 Å². The lowest BCUT2D eigenvalue weighted by molar-refractivity contribution is -0.118. The molecule has 0 saturated heterocycles. The molecule has 104 valence electrons. The fraction of sp³-hybridized carbons (Fsp3) is 0.111. The van der Waals surface area contributed by atoms with Gasteiger partial charge in [0.2, 0.25) is 0 Å². The summed E-state index contributed by atoms with van der Waals surface area (Å²) in [5.74, 6) is 0.120. The summed E-state index contributed by atoms with van der Waals surface area (Å²) < 4.78 is 1.84. The lowest BCUT2D eigenvalue weighted by atomic mass is 10.1. The zero-order valence-electron chi connectivity index (χ0n) is 11.5. The number of carbonyl (C=O) groups is 1. The number of para-hydroxylation sites is 1. The maximum Gasteiger partial charge on any atom is 0.189 e. The van der Waals surface area contributed by atoms with Crippen LogP contribution in [0.3, 0.4) is 0 Å². The van der Waals surface area contributed by atoms with Crippen LogP contribution >= 0.6 is 0 Å². The average molecular weight is 277 g/mol. The van der Waals surface area contributed by atoms with Crippen LogP contribution in [0, 0.1) is 0 Å². The van der Waals surface area contributed by atoms with Gasteiger partial charge in [-0.2, -0.15) is 0 Å². The zero-order valence-corrected chi connectivity index (χ0v) is 11.5. The summed E-state index contributed by atoms with van der Waals surface area (Å²) in [6.07, 6.45) is 2.09. The van der Waals surface area contributed by atoms with Crippen molar-refractivity contribution in [3.05, 3.63) is 82.6 Å². The third kappa shape index (κ3) is 2.92. The Balaban J connectivity index is 1.87. The van der Waals surface area contributed by atoms with Crippen molar-refractivity contribution in [2.24, 2.45) is 0 Å². The van der Waals surface area contributed by atoms with E-state index < -0.39 is 0 Å². The summed E-state index contributed by atoms with van der Waals surface area (Å²) >= 11 is 0. The van der Waals surface area contributed by atoms with E-state index in [0.29, 0.717) is 11.8 Å². The Labute approximate surface area is 122 Å². The number of ketones is 1. The van der Waals surface area contributed by atoms with Crippen LogP contribution < -0.4 is 5.43 Å². The molecule has 1 heterocycles. The van der Waals surface area contributed by atoms with Crippen molar-refractivity contribution in [1.82, 2.24) is 4.57 Å². The van der Waals surface area contributed by atoms with Crippen LogP contribution in [0.15, 0.2) is 71.7 Å². The molecule has 3 aromatic rings. The molecule has 21 heavy (non-hydrogen) atoms. The molecule has 3 rings (SSSR count). The molecule has 2 aromatic carbocycles. The number of hydrogen-bond donors (Lipinski definition) is 0. The van der Waals surface area contributed by atoms with Gasteiger partial charge in [0, 0.05) is 24.1 Å². The lowest BCUT2D eigenvalue weighted by Gasteiger charge is -2.09. The summed E-state index contributed by atoms with van der Waals surface area (Å²) in [7, 11) is 0. The normalized spacial score (nSPS) is 10.7. The molecule has 1 aromatic heterocycles. The van der Waals surface area contributed by atoms with E-state index >= 15 is 0 Å². The van der Waals surface area contributed by atoms with Crippen molar-refractivity contribution in [3.63, 3.8) is 0 Å². The first-order valence-corrected chi connectivity index (χ1v) is 6.88. The van der Waals surface area contributed by atoms with Crippen molar-refractivity contribution in [3.8, 4) is 0 Å². The smallest absolute Gasteiger partial charge is 0.189 e. The summed E-state index contributed by atoms with van der Waals surface area (Å²) in [6, 6.07) is 18.6. The number of carbonyl (C=O) groups excluding carboxylic acids is 1. The van der Waals surface area contributed by atoms with Gasteiger partial charge >= 0.3 is 0 Å². The Morgan fingerprint density at radius 2 is 1.62 bits per heavy atom. The Bertz CT molecular complexity index is 834. The van der Waals surface area contributed by atoms with Gasteiger partial charge in [-0.15, -0.1) is 0 Å². The molecule has 0 amide bonds. The van der Waals surface area contributed by atoms with Crippen LogP contribution in [0.25, 0.3) is 10.9 Å². The first kappa shape index (κ1) is 13.3. The maximum absolute atomic E-state index is 12.2. The molecule has 0 bridgehead atoms. The van der Waals surface area contributed by atoms with E-state index in [1.165, 1.54) is 6.07 Å². The summed E-state index contributed by atoms with van der Waals surface area (Å²) in [5.41, 5.74) is 1.79. The minimum absolute atomic E-state index is 0.0163. The quantitative estimate of drug-likeness (QED) is 0.735. The molecule has 0 aliphatic heterocycles. The number of rotatable bonds is 4. The number of Topliss-reactive ketones (excluding diaryl/α,β-unsaturated/α-hetero) is 1. The van der Waals surface area contributed by atoms with Crippen LogP contribution in [0.2, 0.25) is 0 Å². The van der Waals surface area contributed by atoms with Crippen molar-refractivity contribution in [2.75, 3.05) is 0 Å². The molecular formula is C18H15NO2. The maximum atomic E-state index is 12.2. The van der Waals surface area contributed by atoms with Crippen LogP contribution in [-0.4, -0.2) is 10.4 Å². The zero-order chi connectivity index (χ0) is 14.7. The topological polar surface area (TPSA) is 39.1 Å². The minimum Gasteiger partial charge on any atom is -0.340 e. The molecule has 0 radical (unpaired) electrons. The molecule has 0 saturated carbocycles. The fourth-order valence-electron chi connectivity index (χ4n) is 2.47. The van der Waals surface area contributed by atoms with E-state index in [1.807, 2.05) is 53.1 Å². The molecule has 0 fully saturated rings. The van der Waals surface area contributed by atoms with E-state index in [-0.39, 0.29) is 17.8 Å². The second-order valence-corrected chi connectivity index (χ2v) is 5.03. The largest absolute Gasteiger partial charge is 0.340 e. The lowest BCUT2D eigenvalue weighted by Crippen LogP contribution is -2.15. The van der Waals surface area contributed by atoms with Gasteiger partial charge in [0.05, 0.1) is 12.1 Å². The number of pyridine rings is 1. The van der Waals surface area contributed by atoms with Crippen LogP contribution in [0.1, 0.15) is 5.56 Å². The third-order valence-electron chi connectivity index (χ3n) is 3.48. The van der Waals surface area contributed by atoms with Crippen molar-refractivity contribution in [1.29, 1.82) is 0 Å². The average Bonchev–Trinajstić information content (AvgIpc) is 2.51. The van der Waals surface area contributed by atoms with E-state index in [1.54, 1.807) is 12.3 Å². The number of benzene rings is 2. The standard InChI is InChI=1S/C18H15NO2/c20-15(12-14-6-2-1-3-7-14)13-19-11-10-18(21)16-8-4-5-9-17(16)19/h1-11H,12-13H2. The number of nitrogens with zero attached hydrogens (tertiary/aromatic N) is 1. The predicted molar refractivity (Wildman–Crippen MR) is 83.4 cm³/mol. The van der Waals surface area contributed by atoms with E-state index in [4.69, 9.17) is 0 Å². The Hall–Kier alpha value is -2.68. The fourth-order valence-corrected chi connectivity index (χ4v) is 2.47. The Kier molecular flexibility index (Phi) is 3.65. The first-order valence-electron chi connectivity index (χ1n) is 6.88. The Morgan fingerprint density at radius 1 is 0.905 bits per heavy atom. The summed E-state index contributed by atoms with van der Waals surface area (Å²) in [5, 5.41) is 0.646. The molecule has 0 unspecified atom stereocenters. The van der Waals surface area contributed by atoms with Gasteiger partial charge in [-0.1, -0.05) is 42.5 Å². The summed E-state index contributed by atoms with van der Waals surface area (Å²) in [6.45, 7) is 0.273. The predicted octanol–water partition coefficient (Wildman–Crippen LogP) is 2.81.